The van der Waals surface area contributed by atoms with Gasteiger partial charge in [-0.05, 0) is 31.9 Å². The monoisotopic (exact) mass is 350 g/mol. The van der Waals surface area contributed by atoms with Gasteiger partial charge >= 0.3 is 0 Å². The minimum Gasteiger partial charge on any atom is -0.393 e. The van der Waals surface area contributed by atoms with Gasteiger partial charge in [-0.1, -0.05) is 34.8 Å². The number of halogens is 3. The number of nitrogens with one attached hydrogen (secondary N) is 1. The molecule has 0 aliphatic carbocycles. The molecule has 1 fully saturated rings. The zero-order valence-electron chi connectivity index (χ0n) is 11.6. The second-order valence-corrected chi connectivity index (χ2v) is 6.40. The second-order valence-electron chi connectivity index (χ2n) is 5.18. The van der Waals surface area contributed by atoms with E-state index in [9.17, 15) is 9.90 Å². The molecule has 0 radical (unpaired) electrons. The van der Waals surface area contributed by atoms with Gasteiger partial charge in [0.05, 0.1) is 32.9 Å². The van der Waals surface area contributed by atoms with Crippen LogP contribution in [0, 0.1) is 0 Å². The maximum absolute atomic E-state index is 12.3. The summed E-state index contributed by atoms with van der Waals surface area (Å²) < 4.78 is 0. The van der Waals surface area contributed by atoms with E-state index in [1.807, 2.05) is 11.8 Å². The number of carbonyl (C=O) groups excluding carboxylic acids is 1. The highest BCUT2D eigenvalue weighted by Crippen LogP contribution is 2.32. The lowest BCUT2D eigenvalue weighted by Gasteiger charge is -2.33. The van der Waals surface area contributed by atoms with E-state index in [0.717, 1.165) is 0 Å². The van der Waals surface area contributed by atoms with Crippen molar-refractivity contribution in [1.82, 2.24) is 4.90 Å². The third-order valence-electron chi connectivity index (χ3n) is 3.69. The second kappa shape index (κ2) is 7.16. The van der Waals surface area contributed by atoms with E-state index < -0.39 is 0 Å². The number of likely N-dealkylation sites (tertiary alicyclic amines) is 1. The third-order valence-corrected chi connectivity index (χ3v) is 4.73. The van der Waals surface area contributed by atoms with Crippen LogP contribution in [0.4, 0.5) is 5.69 Å². The molecule has 4 nitrogen and oxygen atoms in total. The summed E-state index contributed by atoms with van der Waals surface area (Å²) in [6.45, 7) is 3.23. The molecule has 1 unspecified atom stereocenters. The summed E-state index contributed by atoms with van der Waals surface area (Å²) in [7, 11) is 0. The van der Waals surface area contributed by atoms with Crippen molar-refractivity contribution in [3.05, 3.63) is 27.2 Å². The van der Waals surface area contributed by atoms with Crippen LogP contribution in [0.15, 0.2) is 12.1 Å². The smallest absolute Gasteiger partial charge is 0.241 e. The van der Waals surface area contributed by atoms with Gasteiger partial charge in [-0.25, -0.2) is 0 Å². The third kappa shape index (κ3) is 4.24. The van der Waals surface area contributed by atoms with E-state index in [1.54, 1.807) is 0 Å². The van der Waals surface area contributed by atoms with Gasteiger partial charge in [-0.15, -0.1) is 0 Å². The quantitative estimate of drug-likeness (QED) is 0.820. The van der Waals surface area contributed by atoms with Crippen molar-refractivity contribution >= 4 is 46.4 Å². The van der Waals surface area contributed by atoms with Gasteiger partial charge in [0.25, 0.3) is 0 Å². The van der Waals surface area contributed by atoms with Crippen LogP contribution in [0.5, 0.6) is 0 Å². The molecule has 7 heteroatoms. The molecule has 0 bridgehead atoms. The molecule has 1 heterocycles. The molecule has 1 atom stereocenters. The number of anilines is 1. The number of benzene rings is 1. The van der Waals surface area contributed by atoms with Crippen LogP contribution in [0.3, 0.4) is 0 Å². The summed E-state index contributed by atoms with van der Waals surface area (Å²) >= 11 is 17.8. The Kier molecular flexibility index (Phi) is 5.74. The summed E-state index contributed by atoms with van der Waals surface area (Å²) in [6, 6.07) is 2.74. The van der Waals surface area contributed by atoms with Gasteiger partial charge in [0.15, 0.2) is 0 Å². The normalized spacial score (nSPS) is 18.5. The molecule has 116 valence electrons. The summed E-state index contributed by atoms with van der Waals surface area (Å²) in [6.07, 6.45) is 1.11. The van der Waals surface area contributed by atoms with Crippen molar-refractivity contribution in [2.45, 2.75) is 31.9 Å². The first-order chi connectivity index (χ1) is 9.88. The molecule has 0 saturated carbocycles. The molecule has 1 aromatic carbocycles. The maximum atomic E-state index is 12.3. The van der Waals surface area contributed by atoms with E-state index in [-0.39, 0.29) is 18.1 Å². The number of hydrogen-bond donors (Lipinski definition) is 2. The molecule has 0 spiro atoms. The SMILES string of the molecule is CC(C(=O)Nc1cc(Cl)c(Cl)cc1Cl)N1CCC(O)CC1. The topological polar surface area (TPSA) is 52.6 Å². The van der Waals surface area contributed by atoms with Gasteiger partial charge < -0.3 is 10.4 Å². The Bertz CT molecular complexity index is 531. The molecule has 1 aliphatic heterocycles. The van der Waals surface area contributed by atoms with Gasteiger partial charge in [0.2, 0.25) is 5.91 Å². The van der Waals surface area contributed by atoms with Gasteiger partial charge in [0.1, 0.15) is 0 Å². The number of aliphatic hydroxyl groups is 1. The van der Waals surface area contributed by atoms with Crippen molar-refractivity contribution in [2.75, 3.05) is 18.4 Å². The van der Waals surface area contributed by atoms with Crippen LogP contribution in [-0.4, -0.2) is 41.1 Å². The number of hydrogen-bond acceptors (Lipinski definition) is 3. The van der Waals surface area contributed by atoms with Gasteiger partial charge in [0, 0.05) is 13.1 Å². The van der Waals surface area contributed by atoms with Crippen LogP contribution in [-0.2, 0) is 4.79 Å². The van der Waals surface area contributed by atoms with E-state index in [0.29, 0.717) is 46.7 Å². The zero-order valence-corrected chi connectivity index (χ0v) is 13.8. The van der Waals surface area contributed by atoms with Crippen LogP contribution in [0.25, 0.3) is 0 Å². The molecular weight excluding hydrogens is 335 g/mol. The average molecular weight is 352 g/mol. The number of aliphatic hydroxyl groups excluding tert-OH is 1. The zero-order chi connectivity index (χ0) is 15.6. The summed E-state index contributed by atoms with van der Waals surface area (Å²) in [4.78, 5) is 14.3. The Balaban J connectivity index is 2.02. The maximum Gasteiger partial charge on any atom is 0.241 e. The summed E-state index contributed by atoms with van der Waals surface area (Å²) in [5.41, 5.74) is 0.444. The molecule has 0 aromatic heterocycles. The Labute approximate surface area is 139 Å². The van der Waals surface area contributed by atoms with Crippen LogP contribution >= 0.6 is 34.8 Å². The van der Waals surface area contributed by atoms with Gasteiger partial charge in [-0.3, -0.25) is 9.69 Å². The Morgan fingerprint density at radius 1 is 1.24 bits per heavy atom. The summed E-state index contributed by atoms with van der Waals surface area (Å²) in [5.74, 6) is -0.160. The highest BCUT2D eigenvalue weighted by atomic mass is 35.5. The predicted molar refractivity (Wildman–Crippen MR) is 86.4 cm³/mol. The van der Waals surface area contributed by atoms with Crippen LogP contribution in [0.1, 0.15) is 19.8 Å². The van der Waals surface area contributed by atoms with Crippen molar-refractivity contribution in [3.63, 3.8) is 0 Å². The number of piperidine rings is 1. The fourth-order valence-corrected chi connectivity index (χ4v) is 2.89. The fourth-order valence-electron chi connectivity index (χ4n) is 2.29. The lowest BCUT2D eigenvalue weighted by Crippen LogP contribution is -2.47. The highest BCUT2D eigenvalue weighted by molar-refractivity contribution is 6.44. The van der Waals surface area contributed by atoms with Crippen LogP contribution in [0.2, 0.25) is 15.1 Å². The number of nitrogens with zero attached hydrogens (tertiary/aromatic N) is 1. The Morgan fingerprint density at radius 3 is 2.43 bits per heavy atom. The van der Waals surface area contributed by atoms with E-state index in [2.05, 4.69) is 5.32 Å². The minimum atomic E-state index is -0.303. The van der Waals surface area contributed by atoms with Crippen LogP contribution < -0.4 is 5.32 Å². The minimum absolute atomic E-state index is 0.160. The molecule has 1 aliphatic rings. The Hall–Kier alpha value is -0.520. The number of carbonyl (C=O) groups is 1. The molecule has 2 rings (SSSR count). The average Bonchev–Trinajstić information content (AvgIpc) is 2.44. The van der Waals surface area contributed by atoms with E-state index in [4.69, 9.17) is 34.8 Å². The lowest BCUT2D eigenvalue weighted by atomic mass is 10.1. The van der Waals surface area contributed by atoms with Crippen molar-refractivity contribution in [3.8, 4) is 0 Å². The standard InChI is InChI=1S/C14H17Cl3N2O2/c1-8(19-4-2-9(20)3-5-19)14(21)18-13-7-11(16)10(15)6-12(13)17/h6-9,20H,2-5H2,1H3,(H,18,21). The first-order valence-electron chi connectivity index (χ1n) is 6.76. The highest BCUT2D eigenvalue weighted by Gasteiger charge is 2.26. The molecule has 2 N–H and O–H groups in total. The summed E-state index contributed by atoms with van der Waals surface area (Å²) in [5, 5.41) is 13.3. The number of amides is 1. The molecule has 1 aromatic rings. The lowest BCUT2D eigenvalue weighted by molar-refractivity contribution is -0.121. The molecular formula is C14H17Cl3N2O2. The van der Waals surface area contributed by atoms with Crippen molar-refractivity contribution in [2.24, 2.45) is 0 Å². The number of rotatable bonds is 3. The molecule has 21 heavy (non-hydrogen) atoms. The van der Waals surface area contributed by atoms with E-state index in [1.165, 1.54) is 12.1 Å². The fraction of sp³-hybridized carbons (Fsp3) is 0.500. The van der Waals surface area contributed by atoms with Crippen molar-refractivity contribution in [1.29, 1.82) is 0 Å². The first kappa shape index (κ1) is 16.8. The van der Waals surface area contributed by atoms with Crippen molar-refractivity contribution < 1.29 is 9.90 Å². The predicted octanol–water partition coefficient (Wildman–Crippen LogP) is 3.43. The molecule has 1 amide bonds. The van der Waals surface area contributed by atoms with E-state index >= 15 is 0 Å². The first-order valence-corrected chi connectivity index (χ1v) is 7.89. The largest absolute Gasteiger partial charge is 0.393 e. The van der Waals surface area contributed by atoms with Gasteiger partial charge in [-0.2, -0.15) is 0 Å². The Morgan fingerprint density at radius 2 is 1.81 bits per heavy atom. The molecule has 1 saturated heterocycles.